The van der Waals surface area contributed by atoms with E-state index in [4.69, 9.17) is 4.42 Å². The largest absolute Gasteiger partial charge is 0.507 e. The van der Waals surface area contributed by atoms with Crippen molar-refractivity contribution in [2.24, 2.45) is 0 Å². The number of nitrogens with one attached hydrogen (secondary N) is 1. The molecule has 0 aliphatic rings. The number of carbonyl (C=O) groups excluding carboxylic acids is 1. The van der Waals surface area contributed by atoms with E-state index in [1.807, 2.05) is 42.5 Å². The van der Waals surface area contributed by atoms with Crippen LogP contribution in [0.1, 0.15) is 6.92 Å². The number of para-hydroxylation sites is 1. The summed E-state index contributed by atoms with van der Waals surface area (Å²) in [6, 6.07) is 18.5. The summed E-state index contributed by atoms with van der Waals surface area (Å²) in [6.45, 7) is 1.41. The molecule has 0 spiro atoms. The van der Waals surface area contributed by atoms with Crippen molar-refractivity contribution >= 4 is 11.8 Å². The SMILES string of the molecule is CC(=O)Nc1ocnc1-c1cccnc1-c1ccccc1-c1ccccc1O. The molecule has 2 aromatic heterocycles. The number of aromatic nitrogens is 2. The number of anilines is 1. The third-order valence-electron chi connectivity index (χ3n) is 4.30. The quantitative estimate of drug-likeness (QED) is 0.541. The van der Waals surface area contributed by atoms with Gasteiger partial charge < -0.3 is 9.52 Å². The molecule has 28 heavy (non-hydrogen) atoms. The zero-order chi connectivity index (χ0) is 19.5. The standard InChI is InChI=1S/C22H17N3O3/c1-14(26)25-22-21(24-13-28-22)18-10-6-12-23-20(18)17-9-3-2-7-15(17)16-8-4-5-11-19(16)27/h2-13,27H,1H3,(H,25,26). The molecule has 0 radical (unpaired) electrons. The van der Waals surface area contributed by atoms with E-state index in [1.165, 1.54) is 13.3 Å². The minimum atomic E-state index is -0.252. The first kappa shape index (κ1) is 17.5. The molecule has 0 aliphatic carbocycles. The molecule has 0 saturated carbocycles. The van der Waals surface area contributed by atoms with Crippen molar-refractivity contribution in [3.8, 4) is 39.4 Å². The smallest absolute Gasteiger partial charge is 0.228 e. The maximum Gasteiger partial charge on any atom is 0.228 e. The summed E-state index contributed by atoms with van der Waals surface area (Å²) in [5.41, 5.74) is 4.24. The maximum atomic E-state index is 11.5. The Kier molecular flexibility index (Phi) is 4.60. The Morgan fingerprint density at radius 3 is 2.29 bits per heavy atom. The van der Waals surface area contributed by atoms with E-state index in [2.05, 4.69) is 15.3 Å². The van der Waals surface area contributed by atoms with Gasteiger partial charge in [0.05, 0.1) is 5.69 Å². The third-order valence-corrected chi connectivity index (χ3v) is 4.30. The van der Waals surface area contributed by atoms with Gasteiger partial charge in [0.25, 0.3) is 0 Å². The number of carbonyl (C=O) groups is 1. The molecule has 1 amide bonds. The van der Waals surface area contributed by atoms with E-state index >= 15 is 0 Å². The number of aromatic hydroxyl groups is 1. The van der Waals surface area contributed by atoms with Gasteiger partial charge in [0, 0.05) is 29.8 Å². The number of phenols is 1. The number of benzene rings is 2. The lowest BCUT2D eigenvalue weighted by Crippen LogP contribution is -2.06. The number of phenolic OH excluding ortho intramolecular Hbond substituents is 1. The van der Waals surface area contributed by atoms with Gasteiger partial charge in [-0.1, -0.05) is 42.5 Å². The Labute approximate surface area is 161 Å². The average molecular weight is 371 g/mol. The van der Waals surface area contributed by atoms with Gasteiger partial charge in [0.15, 0.2) is 6.39 Å². The molecule has 0 aliphatic heterocycles. The van der Waals surface area contributed by atoms with Crippen molar-refractivity contribution < 1.29 is 14.3 Å². The molecule has 4 rings (SSSR count). The summed E-state index contributed by atoms with van der Waals surface area (Å²) in [5, 5.41) is 13.0. The highest BCUT2D eigenvalue weighted by molar-refractivity contribution is 5.95. The van der Waals surface area contributed by atoms with Crippen LogP contribution in [0, 0.1) is 0 Å². The van der Waals surface area contributed by atoms with Crippen molar-refractivity contribution in [2.45, 2.75) is 6.92 Å². The number of hydrogen-bond acceptors (Lipinski definition) is 5. The zero-order valence-electron chi connectivity index (χ0n) is 15.1. The number of rotatable bonds is 4. The first-order valence-electron chi connectivity index (χ1n) is 8.69. The molecule has 0 atom stereocenters. The van der Waals surface area contributed by atoms with Gasteiger partial charge in [-0.25, -0.2) is 4.98 Å². The molecular formula is C22H17N3O3. The second-order valence-electron chi connectivity index (χ2n) is 6.17. The van der Waals surface area contributed by atoms with E-state index < -0.39 is 0 Å². The second-order valence-corrected chi connectivity index (χ2v) is 6.17. The Morgan fingerprint density at radius 1 is 0.857 bits per heavy atom. The molecule has 2 heterocycles. The molecule has 2 N–H and O–H groups in total. The van der Waals surface area contributed by atoms with Crippen LogP contribution in [0.15, 0.2) is 77.7 Å². The molecular weight excluding hydrogens is 354 g/mol. The van der Waals surface area contributed by atoms with Crippen LogP contribution in [0.3, 0.4) is 0 Å². The number of nitrogens with zero attached hydrogens (tertiary/aromatic N) is 2. The predicted molar refractivity (Wildman–Crippen MR) is 107 cm³/mol. The van der Waals surface area contributed by atoms with E-state index in [1.54, 1.807) is 24.4 Å². The highest BCUT2D eigenvalue weighted by atomic mass is 16.4. The minimum absolute atomic E-state index is 0.188. The fourth-order valence-corrected chi connectivity index (χ4v) is 3.12. The van der Waals surface area contributed by atoms with Gasteiger partial charge in [-0.3, -0.25) is 15.1 Å². The van der Waals surface area contributed by atoms with Crippen molar-refractivity contribution in [3.05, 3.63) is 73.3 Å². The van der Waals surface area contributed by atoms with E-state index in [9.17, 15) is 9.90 Å². The normalized spacial score (nSPS) is 10.6. The molecule has 0 saturated heterocycles. The number of oxazole rings is 1. The van der Waals surface area contributed by atoms with Gasteiger partial charge in [0.2, 0.25) is 11.8 Å². The summed E-state index contributed by atoms with van der Waals surface area (Å²) in [5.74, 6) is 0.202. The lowest BCUT2D eigenvalue weighted by molar-refractivity contribution is -0.114. The molecule has 6 nitrogen and oxygen atoms in total. The molecule has 0 unspecified atom stereocenters. The summed E-state index contributed by atoms with van der Waals surface area (Å²) < 4.78 is 5.34. The zero-order valence-corrected chi connectivity index (χ0v) is 15.1. The van der Waals surface area contributed by atoms with Crippen molar-refractivity contribution in [3.63, 3.8) is 0 Å². The van der Waals surface area contributed by atoms with Gasteiger partial charge in [-0.2, -0.15) is 0 Å². The van der Waals surface area contributed by atoms with Crippen molar-refractivity contribution in [1.29, 1.82) is 0 Å². The molecule has 0 fully saturated rings. The maximum absolute atomic E-state index is 11.5. The van der Waals surface area contributed by atoms with Crippen molar-refractivity contribution in [1.82, 2.24) is 9.97 Å². The third kappa shape index (κ3) is 3.23. The first-order valence-corrected chi connectivity index (χ1v) is 8.69. The predicted octanol–water partition coefficient (Wildman–Crippen LogP) is 4.73. The lowest BCUT2D eigenvalue weighted by atomic mass is 9.94. The van der Waals surface area contributed by atoms with Crippen LogP contribution in [0.4, 0.5) is 5.88 Å². The summed E-state index contributed by atoms with van der Waals surface area (Å²) in [4.78, 5) is 20.3. The highest BCUT2D eigenvalue weighted by Gasteiger charge is 2.19. The Bertz CT molecular complexity index is 1150. The first-order chi connectivity index (χ1) is 13.6. The van der Waals surface area contributed by atoms with Crippen LogP contribution in [-0.4, -0.2) is 21.0 Å². The highest BCUT2D eigenvalue weighted by Crippen LogP contribution is 2.40. The Balaban J connectivity index is 1.91. The van der Waals surface area contributed by atoms with Crippen LogP contribution in [0.5, 0.6) is 5.75 Å². The number of hydrogen-bond donors (Lipinski definition) is 2. The van der Waals surface area contributed by atoms with Crippen LogP contribution < -0.4 is 5.32 Å². The molecule has 0 bridgehead atoms. The van der Waals surface area contributed by atoms with Gasteiger partial charge >= 0.3 is 0 Å². The lowest BCUT2D eigenvalue weighted by Gasteiger charge is -2.13. The van der Waals surface area contributed by atoms with E-state index in [0.29, 0.717) is 22.5 Å². The van der Waals surface area contributed by atoms with Crippen LogP contribution in [-0.2, 0) is 4.79 Å². The number of amides is 1. The van der Waals surface area contributed by atoms with E-state index in [-0.39, 0.29) is 17.5 Å². The summed E-state index contributed by atoms with van der Waals surface area (Å²) in [6.07, 6.45) is 2.98. The fraction of sp³-hybridized carbons (Fsp3) is 0.0455. The average Bonchev–Trinajstić information content (AvgIpc) is 3.16. The van der Waals surface area contributed by atoms with Crippen molar-refractivity contribution in [2.75, 3.05) is 5.32 Å². The molecule has 2 aromatic carbocycles. The monoisotopic (exact) mass is 371 g/mol. The Hall–Kier alpha value is -3.93. The van der Waals surface area contributed by atoms with Gasteiger partial charge in [-0.05, 0) is 23.8 Å². The molecule has 6 heteroatoms. The fourth-order valence-electron chi connectivity index (χ4n) is 3.12. The summed E-state index contributed by atoms with van der Waals surface area (Å²) in [7, 11) is 0. The molecule has 138 valence electrons. The van der Waals surface area contributed by atoms with Crippen LogP contribution in [0.2, 0.25) is 0 Å². The topological polar surface area (TPSA) is 88.3 Å². The number of pyridine rings is 1. The Morgan fingerprint density at radius 2 is 1.54 bits per heavy atom. The van der Waals surface area contributed by atoms with Gasteiger partial charge in [-0.15, -0.1) is 0 Å². The van der Waals surface area contributed by atoms with Crippen LogP contribution in [0.25, 0.3) is 33.6 Å². The van der Waals surface area contributed by atoms with Gasteiger partial charge in [0.1, 0.15) is 11.4 Å². The molecule has 4 aromatic rings. The van der Waals surface area contributed by atoms with E-state index in [0.717, 1.165) is 11.1 Å². The second kappa shape index (κ2) is 7.36. The minimum Gasteiger partial charge on any atom is -0.507 e. The summed E-state index contributed by atoms with van der Waals surface area (Å²) >= 11 is 0. The van der Waals surface area contributed by atoms with Crippen LogP contribution >= 0.6 is 0 Å².